The molecule has 1 aliphatic heterocycles. The van der Waals surface area contributed by atoms with Crippen molar-refractivity contribution in [2.24, 2.45) is 5.92 Å². The molecular formula is C26H29FN2O3S2. The molecule has 180 valence electrons. The minimum Gasteiger partial charge on any atom is -0.491 e. The summed E-state index contributed by atoms with van der Waals surface area (Å²) >= 11 is 3.08. The largest absolute Gasteiger partial charge is 0.491 e. The second-order valence-electron chi connectivity index (χ2n) is 8.59. The van der Waals surface area contributed by atoms with Gasteiger partial charge in [-0.05, 0) is 65.1 Å². The molecule has 0 N–H and O–H groups in total. The smallest absolute Gasteiger partial charge is 0.264 e. The molecule has 0 saturated carbocycles. The second-order valence-corrected chi connectivity index (χ2v) is 10.5. The lowest BCUT2D eigenvalue weighted by Gasteiger charge is -2.37. The van der Waals surface area contributed by atoms with E-state index in [-0.39, 0.29) is 36.8 Å². The Morgan fingerprint density at radius 3 is 2.68 bits per heavy atom. The Balaban J connectivity index is 1.52. The predicted octanol–water partition coefficient (Wildman–Crippen LogP) is 5.64. The number of carbonyl (C=O) groups excluding carboxylic acids is 2. The Hall–Kier alpha value is -2.71. The van der Waals surface area contributed by atoms with Gasteiger partial charge in [0.25, 0.3) is 5.91 Å². The van der Waals surface area contributed by atoms with Crippen molar-refractivity contribution in [3.63, 3.8) is 0 Å². The van der Waals surface area contributed by atoms with Crippen LogP contribution in [0.5, 0.6) is 5.75 Å². The molecule has 8 heteroatoms. The highest BCUT2D eigenvalue weighted by Crippen LogP contribution is 2.34. The van der Waals surface area contributed by atoms with Gasteiger partial charge < -0.3 is 14.5 Å². The van der Waals surface area contributed by atoms with Gasteiger partial charge in [-0.2, -0.15) is 0 Å². The third-order valence-corrected chi connectivity index (χ3v) is 8.07. The van der Waals surface area contributed by atoms with E-state index in [0.29, 0.717) is 29.6 Å². The van der Waals surface area contributed by atoms with E-state index in [1.54, 1.807) is 34.4 Å². The molecule has 1 aliphatic rings. The summed E-state index contributed by atoms with van der Waals surface area (Å²) in [5, 5.41) is 3.92. The van der Waals surface area contributed by atoms with Crippen LogP contribution in [-0.4, -0.2) is 47.9 Å². The number of amides is 2. The zero-order valence-electron chi connectivity index (χ0n) is 19.4. The summed E-state index contributed by atoms with van der Waals surface area (Å²) in [5.41, 5.74) is 1.09. The molecular weight excluding hydrogens is 471 g/mol. The molecule has 2 amide bonds. The number of hydrogen-bond acceptors (Lipinski definition) is 5. The monoisotopic (exact) mass is 500 g/mol. The third-order valence-electron chi connectivity index (χ3n) is 6.21. The van der Waals surface area contributed by atoms with Gasteiger partial charge >= 0.3 is 0 Å². The Kier molecular flexibility index (Phi) is 8.00. The topological polar surface area (TPSA) is 49.9 Å². The van der Waals surface area contributed by atoms with Crippen molar-refractivity contribution < 1.29 is 18.7 Å². The summed E-state index contributed by atoms with van der Waals surface area (Å²) in [6, 6.07) is 11.3. The maximum absolute atomic E-state index is 13.6. The fraction of sp³-hybridized carbons (Fsp3) is 0.385. The van der Waals surface area contributed by atoms with Crippen molar-refractivity contribution in [3.8, 4) is 5.75 Å². The van der Waals surface area contributed by atoms with E-state index < -0.39 is 0 Å². The van der Waals surface area contributed by atoms with Crippen LogP contribution >= 0.6 is 22.7 Å². The van der Waals surface area contributed by atoms with E-state index in [2.05, 4.69) is 13.8 Å². The number of carbonyl (C=O) groups is 2. The van der Waals surface area contributed by atoms with Crippen molar-refractivity contribution in [2.45, 2.75) is 32.7 Å². The first-order chi connectivity index (χ1) is 16.5. The van der Waals surface area contributed by atoms with E-state index in [1.807, 2.05) is 27.8 Å². The summed E-state index contributed by atoms with van der Waals surface area (Å²) in [5.74, 6) is 0.342. The molecule has 34 heavy (non-hydrogen) atoms. The van der Waals surface area contributed by atoms with E-state index in [0.717, 1.165) is 18.4 Å². The predicted molar refractivity (Wildman–Crippen MR) is 134 cm³/mol. The van der Waals surface area contributed by atoms with E-state index >= 15 is 0 Å². The highest BCUT2D eigenvalue weighted by molar-refractivity contribution is 7.12. The van der Waals surface area contributed by atoms with Gasteiger partial charge in [0.15, 0.2) is 0 Å². The van der Waals surface area contributed by atoms with Crippen LogP contribution in [0, 0.1) is 11.7 Å². The van der Waals surface area contributed by atoms with Crippen LogP contribution in [0.15, 0.2) is 53.2 Å². The standard InChI is InChI=1S/C26H29FN2O3S2/c1-3-18(2)15-28(26(31)24-5-4-13-33-24)16-25(30)29-12-10-23-21(11-14-34-23)22(29)17-32-20-8-6-19(27)7-9-20/h4-9,11,13-14,18,22H,3,10,12,15-17H2,1-2H3/t18-,22+/m0/s1. The molecule has 0 spiro atoms. The summed E-state index contributed by atoms with van der Waals surface area (Å²) in [6.07, 6.45) is 1.72. The fourth-order valence-corrected chi connectivity index (χ4v) is 5.73. The quantitative estimate of drug-likeness (QED) is 0.382. The van der Waals surface area contributed by atoms with E-state index in [9.17, 15) is 14.0 Å². The summed E-state index contributed by atoms with van der Waals surface area (Å²) in [6.45, 7) is 5.60. The average molecular weight is 501 g/mol. The first-order valence-corrected chi connectivity index (χ1v) is 13.3. The number of ether oxygens (including phenoxy) is 1. The van der Waals surface area contributed by atoms with Crippen LogP contribution in [0.2, 0.25) is 0 Å². The molecule has 0 unspecified atom stereocenters. The Labute approximate surface area is 207 Å². The number of rotatable bonds is 9. The number of hydrogen-bond donors (Lipinski definition) is 0. The number of benzene rings is 1. The van der Waals surface area contributed by atoms with Crippen LogP contribution < -0.4 is 4.74 Å². The van der Waals surface area contributed by atoms with Gasteiger partial charge in [-0.25, -0.2) is 4.39 Å². The summed E-state index contributed by atoms with van der Waals surface area (Å²) in [7, 11) is 0. The molecule has 0 fully saturated rings. The molecule has 0 bridgehead atoms. The van der Waals surface area contributed by atoms with Crippen LogP contribution in [0.25, 0.3) is 0 Å². The van der Waals surface area contributed by atoms with Gasteiger partial charge in [0.2, 0.25) is 5.91 Å². The van der Waals surface area contributed by atoms with Crippen LogP contribution in [0.4, 0.5) is 4.39 Å². The SMILES string of the molecule is CC[C@H](C)CN(CC(=O)N1CCc2sccc2[C@H]1COc1ccc(F)cc1)C(=O)c1cccs1. The lowest BCUT2D eigenvalue weighted by molar-refractivity contribution is -0.135. The molecule has 2 atom stereocenters. The van der Waals surface area contributed by atoms with Gasteiger partial charge in [0.1, 0.15) is 24.7 Å². The summed E-state index contributed by atoms with van der Waals surface area (Å²) in [4.78, 5) is 32.2. The van der Waals surface area contributed by atoms with E-state index in [4.69, 9.17) is 4.74 Å². The van der Waals surface area contributed by atoms with Crippen molar-refractivity contribution in [3.05, 3.63) is 74.4 Å². The number of thiophene rings is 2. The highest BCUT2D eigenvalue weighted by atomic mass is 32.1. The first-order valence-electron chi connectivity index (χ1n) is 11.5. The number of fused-ring (bicyclic) bond motifs is 1. The molecule has 1 aromatic carbocycles. The maximum Gasteiger partial charge on any atom is 0.264 e. The van der Waals surface area contributed by atoms with Crippen LogP contribution in [0.3, 0.4) is 0 Å². The lowest BCUT2D eigenvalue weighted by Crippen LogP contribution is -2.48. The Bertz CT molecular complexity index is 1100. The highest BCUT2D eigenvalue weighted by Gasteiger charge is 2.34. The van der Waals surface area contributed by atoms with Gasteiger partial charge in [0.05, 0.1) is 10.9 Å². The number of nitrogens with zero attached hydrogens (tertiary/aromatic N) is 2. The van der Waals surface area contributed by atoms with E-state index in [1.165, 1.54) is 28.3 Å². The van der Waals surface area contributed by atoms with Gasteiger partial charge in [-0.15, -0.1) is 22.7 Å². The molecule has 3 aromatic rings. The van der Waals surface area contributed by atoms with Crippen molar-refractivity contribution in [2.75, 3.05) is 26.2 Å². The van der Waals surface area contributed by atoms with Crippen LogP contribution in [-0.2, 0) is 11.2 Å². The van der Waals surface area contributed by atoms with Gasteiger partial charge in [-0.1, -0.05) is 26.3 Å². The second kappa shape index (κ2) is 11.1. The molecule has 0 radical (unpaired) electrons. The molecule has 2 aromatic heterocycles. The summed E-state index contributed by atoms with van der Waals surface area (Å²) < 4.78 is 19.2. The minimum atomic E-state index is -0.321. The van der Waals surface area contributed by atoms with Gasteiger partial charge in [-0.3, -0.25) is 9.59 Å². The first kappa shape index (κ1) is 24.4. The molecule has 4 rings (SSSR count). The molecule has 0 saturated heterocycles. The van der Waals surface area contributed by atoms with Gasteiger partial charge in [0, 0.05) is 18.0 Å². The third kappa shape index (κ3) is 5.67. The molecule has 5 nitrogen and oxygen atoms in total. The zero-order chi connectivity index (χ0) is 24.1. The normalized spacial score (nSPS) is 16.1. The van der Waals surface area contributed by atoms with Crippen LogP contribution in [0.1, 0.15) is 46.4 Å². The fourth-order valence-electron chi connectivity index (χ4n) is 4.12. The lowest BCUT2D eigenvalue weighted by atomic mass is 10.00. The molecule has 0 aliphatic carbocycles. The minimum absolute atomic E-state index is 0.0353. The maximum atomic E-state index is 13.6. The zero-order valence-corrected chi connectivity index (χ0v) is 21.0. The van der Waals surface area contributed by atoms with Crippen molar-refractivity contribution >= 4 is 34.5 Å². The van der Waals surface area contributed by atoms with Crippen molar-refractivity contribution in [1.29, 1.82) is 0 Å². The van der Waals surface area contributed by atoms with Crippen molar-refractivity contribution in [1.82, 2.24) is 9.80 Å². The number of halogens is 1. The Morgan fingerprint density at radius 1 is 1.18 bits per heavy atom. The average Bonchev–Trinajstić information content (AvgIpc) is 3.54. The molecule has 3 heterocycles. The Morgan fingerprint density at radius 2 is 1.97 bits per heavy atom.